The van der Waals surface area contributed by atoms with Crippen molar-refractivity contribution < 1.29 is 13.2 Å². The lowest BCUT2D eigenvalue weighted by Gasteiger charge is -2.26. The molecular formula is C12H25N3O3S. The van der Waals surface area contributed by atoms with Crippen LogP contribution in [0.15, 0.2) is 0 Å². The molecule has 7 heteroatoms. The highest BCUT2D eigenvalue weighted by Gasteiger charge is 2.24. The van der Waals surface area contributed by atoms with Gasteiger partial charge in [0, 0.05) is 25.2 Å². The van der Waals surface area contributed by atoms with Gasteiger partial charge < -0.3 is 10.6 Å². The molecule has 0 bridgehead atoms. The summed E-state index contributed by atoms with van der Waals surface area (Å²) in [6.07, 6.45) is 2.32. The van der Waals surface area contributed by atoms with Gasteiger partial charge in [0.2, 0.25) is 10.0 Å². The predicted octanol–water partition coefficient (Wildman–Crippen LogP) is 0.900. The molecule has 6 nitrogen and oxygen atoms in total. The van der Waals surface area contributed by atoms with Crippen molar-refractivity contribution in [2.45, 2.75) is 45.6 Å². The molecule has 0 unspecified atom stereocenters. The fraction of sp³-hybridized carbons (Fsp3) is 0.917. The van der Waals surface area contributed by atoms with E-state index in [4.69, 9.17) is 0 Å². The molecule has 0 atom stereocenters. The van der Waals surface area contributed by atoms with Gasteiger partial charge in [0.05, 0.1) is 5.75 Å². The Bertz CT molecular complexity index is 401. The summed E-state index contributed by atoms with van der Waals surface area (Å²) < 4.78 is 25.0. The van der Waals surface area contributed by atoms with E-state index in [9.17, 15) is 13.2 Å². The van der Waals surface area contributed by atoms with E-state index in [1.165, 1.54) is 4.31 Å². The molecule has 1 heterocycles. The Balaban J connectivity index is 2.22. The second kappa shape index (κ2) is 6.56. The number of sulfonamides is 1. The van der Waals surface area contributed by atoms with Gasteiger partial charge in [0.25, 0.3) is 0 Å². The maximum atomic E-state index is 11.7. The molecule has 1 aliphatic rings. The number of urea groups is 1. The zero-order chi connectivity index (χ0) is 14.5. The average Bonchev–Trinajstić information content (AvgIpc) is 2.23. The molecular weight excluding hydrogens is 266 g/mol. The summed E-state index contributed by atoms with van der Waals surface area (Å²) in [5.74, 6) is 0.255. The van der Waals surface area contributed by atoms with Crippen LogP contribution in [0, 0.1) is 0 Å². The van der Waals surface area contributed by atoms with Crippen molar-refractivity contribution in [1.82, 2.24) is 14.9 Å². The monoisotopic (exact) mass is 291 g/mol. The summed E-state index contributed by atoms with van der Waals surface area (Å²) >= 11 is 0. The maximum absolute atomic E-state index is 11.7. The molecule has 0 saturated carbocycles. The Morgan fingerprint density at radius 3 is 2.53 bits per heavy atom. The largest absolute Gasteiger partial charge is 0.338 e. The summed E-state index contributed by atoms with van der Waals surface area (Å²) in [5, 5.41) is 5.53. The molecule has 0 aromatic rings. The second-order valence-electron chi connectivity index (χ2n) is 5.91. The molecule has 1 rings (SSSR count). The Kier molecular flexibility index (Phi) is 5.61. The summed E-state index contributed by atoms with van der Waals surface area (Å²) in [5.41, 5.74) is -0.264. The number of nitrogens with zero attached hydrogens (tertiary/aromatic N) is 1. The fourth-order valence-electron chi connectivity index (χ4n) is 1.93. The van der Waals surface area contributed by atoms with E-state index < -0.39 is 10.0 Å². The van der Waals surface area contributed by atoms with E-state index in [1.54, 1.807) is 0 Å². The van der Waals surface area contributed by atoms with Crippen LogP contribution in [0.3, 0.4) is 0 Å². The van der Waals surface area contributed by atoms with E-state index in [2.05, 4.69) is 10.6 Å². The summed E-state index contributed by atoms with van der Waals surface area (Å²) in [6.45, 7) is 7.30. The van der Waals surface area contributed by atoms with Crippen molar-refractivity contribution in [1.29, 1.82) is 0 Å². The number of hydrogen-bond donors (Lipinski definition) is 2. The average molecular weight is 291 g/mol. The van der Waals surface area contributed by atoms with Gasteiger partial charge in [0.1, 0.15) is 0 Å². The first-order valence-electron chi connectivity index (χ1n) is 6.74. The minimum Gasteiger partial charge on any atom is -0.338 e. The van der Waals surface area contributed by atoms with E-state index in [1.807, 2.05) is 20.8 Å². The quantitative estimate of drug-likeness (QED) is 0.755. The lowest BCUT2D eigenvalue weighted by molar-refractivity contribution is 0.231. The summed E-state index contributed by atoms with van der Waals surface area (Å²) in [7, 11) is -3.05. The molecule has 19 heavy (non-hydrogen) atoms. The number of hydrogen-bond acceptors (Lipinski definition) is 3. The van der Waals surface area contributed by atoms with Crippen molar-refractivity contribution in [2.75, 3.05) is 25.4 Å². The van der Waals surface area contributed by atoms with Gasteiger partial charge in [-0.05, 0) is 40.0 Å². The zero-order valence-electron chi connectivity index (χ0n) is 12.0. The van der Waals surface area contributed by atoms with Crippen LogP contribution in [0.2, 0.25) is 0 Å². The van der Waals surface area contributed by atoms with Crippen LogP contribution >= 0.6 is 0 Å². The molecule has 0 radical (unpaired) electrons. The Morgan fingerprint density at radius 2 is 1.95 bits per heavy atom. The lowest BCUT2D eigenvalue weighted by atomic mass is 10.1. The van der Waals surface area contributed by atoms with Crippen LogP contribution in [-0.2, 0) is 10.0 Å². The van der Waals surface area contributed by atoms with Gasteiger partial charge in [-0.25, -0.2) is 17.5 Å². The fourth-order valence-corrected chi connectivity index (χ4v) is 3.58. The summed E-state index contributed by atoms with van der Waals surface area (Å²) in [6, 6.07) is -0.214. The van der Waals surface area contributed by atoms with Gasteiger partial charge >= 0.3 is 6.03 Å². The minimum absolute atomic E-state index is 0.214. The third kappa shape index (κ3) is 6.24. The molecule has 0 aromatic carbocycles. The molecule has 0 aliphatic carbocycles. The highest BCUT2D eigenvalue weighted by atomic mass is 32.2. The van der Waals surface area contributed by atoms with Gasteiger partial charge in [-0.2, -0.15) is 0 Å². The van der Waals surface area contributed by atoms with E-state index in [0.29, 0.717) is 26.1 Å². The first-order chi connectivity index (χ1) is 8.71. The normalized spacial score (nSPS) is 19.9. The number of rotatable bonds is 4. The third-order valence-electron chi connectivity index (χ3n) is 2.81. The second-order valence-corrected chi connectivity index (χ2v) is 8.00. The smallest absolute Gasteiger partial charge is 0.315 e. The van der Waals surface area contributed by atoms with Crippen LogP contribution in [-0.4, -0.2) is 49.7 Å². The Morgan fingerprint density at radius 1 is 1.26 bits per heavy atom. The molecule has 2 amide bonds. The van der Waals surface area contributed by atoms with Crippen LogP contribution in [0.1, 0.15) is 40.0 Å². The van der Waals surface area contributed by atoms with Crippen molar-refractivity contribution in [3.63, 3.8) is 0 Å². The van der Waals surface area contributed by atoms with Crippen LogP contribution in [0.25, 0.3) is 0 Å². The van der Waals surface area contributed by atoms with E-state index in [0.717, 1.165) is 12.8 Å². The molecule has 1 fully saturated rings. The molecule has 0 spiro atoms. The van der Waals surface area contributed by atoms with Crippen molar-refractivity contribution in [3.8, 4) is 0 Å². The van der Waals surface area contributed by atoms with Gasteiger partial charge in [-0.3, -0.25) is 0 Å². The van der Waals surface area contributed by atoms with Gasteiger partial charge in [0.15, 0.2) is 0 Å². The van der Waals surface area contributed by atoms with E-state index in [-0.39, 0.29) is 17.3 Å². The maximum Gasteiger partial charge on any atom is 0.315 e. The van der Waals surface area contributed by atoms with E-state index >= 15 is 0 Å². The molecule has 2 N–H and O–H groups in total. The topological polar surface area (TPSA) is 78.5 Å². The highest BCUT2D eigenvalue weighted by Crippen LogP contribution is 2.13. The predicted molar refractivity (Wildman–Crippen MR) is 75.5 cm³/mol. The number of carbonyl (C=O) groups is 1. The molecule has 1 aliphatic heterocycles. The van der Waals surface area contributed by atoms with Crippen LogP contribution in [0.4, 0.5) is 4.79 Å². The van der Waals surface area contributed by atoms with Crippen LogP contribution < -0.4 is 10.6 Å². The zero-order valence-corrected chi connectivity index (χ0v) is 12.8. The molecule has 1 saturated heterocycles. The van der Waals surface area contributed by atoms with Gasteiger partial charge in [-0.15, -0.1) is 0 Å². The first-order valence-corrected chi connectivity index (χ1v) is 8.35. The number of carbonyl (C=O) groups excluding carboxylic acids is 1. The molecule has 0 aromatic heterocycles. The Hall–Kier alpha value is -0.820. The standard InChI is InChI=1S/C12H25N3O3S/c1-12(2,3)14-11(16)13-7-6-9-15-8-4-5-10-19(15,17)18/h4-10H2,1-3H3,(H2,13,14,16). The van der Waals surface area contributed by atoms with Crippen LogP contribution in [0.5, 0.6) is 0 Å². The molecule has 112 valence electrons. The highest BCUT2D eigenvalue weighted by molar-refractivity contribution is 7.89. The summed E-state index contributed by atoms with van der Waals surface area (Å²) in [4.78, 5) is 11.5. The number of nitrogens with one attached hydrogen (secondary N) is 2. The first kappa shape index (κ1) is 16.2. The van der Waals surface area contributed by atoms with Crippen molar-refractivity contribution >= 4 is 16.1 Å². The third-order valence-corrected chi connectivity index (χ3v) is 4.77. The SMILES string of the molecule is CC(C)(C)NC(=O)NCCCN1CCCCS1(=O)=O. The minimum atomic E-state index is -3.05. The number of amides is 2. The Labute approximate surface area is 116 Å². The lowest BCUT2D eigenvalue weighted by Crippen LogP contribution is -2.47. The van der Waals surface area contributed by atoms with Gasteiger partial charge in [-0.1, -0.05) is 0 Å². The van der Waals surface area contributed by atoms with Crippen molar-refractivity contribution in [2.24, 2.45) is 0 Å². The van der Waals surface area contributed by atoms with Crippen molar-refractivity contribution in [3.05, 3.63) is 0 Å².